The molecule has 2 amide bonds. The molecule has 1 aromatic heterocycles. The number of nitrogens with zero attached hydrogens (tertiary/aromatic N) is 3. The molecule has 5 nitrogen and oxygen atoms in total. The van der Waals surface area contributed by atoms with E-state index in [4.69, 9.17) is 0 Å². The monoisotopic (exact) mass is 318 g/mol. The zero-order chi connectivity index (χ0) is 16.2. The summed E-state index contributed by atoms with van der Waals surface area (Å²) in [6.45, 7) is 0.600. The van der Waals surface area contributed by atoms with E-state index >= 15 is 0 Å². The van der Waals surface area contributed by atoms with Gasteiger partial charge in [-0.3, -0.25) is 9.58 Å². The molecule has 1 aliphatic carbocycles. The number of amides is 2. The second kappa shape index (κ2) is 4.78. The molecular weight excluding hydrogens is 302 g/mol. The maximum atomic E-state index is 13.1. The Hall–Kier alpha value is -2.44. The van der Waals surface area contributed by atoms with Crippen molar-refractivity contribution in [3.63, 3.8) is 0 Å². The van der Waals surface area contributed by atoms with Crippen LogP contribution in [0.4, 0.5) is 25.0 Å². The number of anilines is 2. The number of benzene rings is 1. The van der Waals surface area contributed by atoms with E-state index in [0.717, 1.165) is 23.2 Å². The van der Waals surface area contributed by atoms with Gasteiger partial charge in [0.05, 0.1) is 11.9 Å². The second-order valence-electron chi connectivity index (χ2n) is 6.18. The third-order valence-electron chi connectivity index (χ3n) is 4.76. The lowest BCUT2D eigenvalue weighted by Gasteiger charge is -2.18. The van der Waals surface area contributed by atoms with Crippen LogP contribution in [0, 0.1) is 0 Å². The first-order valence-corrected chi connectivity index (χ1v) is 7.50. The minimum absolute atomic E-state index is 0.0572. The van der Waals surface area contributed by atoms with Crippen molar-refractivity contribution in [1.82, 2.24) is 9.78 Å². The first-order valence-electron chi connectivity index (χ1n) is 7.50. The summed E-state index contributed by atoms with van der Waals surface area (Å²) in [5.41, 5.74) is 1.88. The molecule has 120 valence electrons. The van der Waals surface area contributed by atoms with E-state index in [9.17, 15) is 13.6 Å². The summed E-state index contributed by atoms with van der Waals surface area (Å²) in [6.07, 6.45) is 0.679. The molecule has 2 aliphatic rings. The fourth-order valence-corrected chi connectivity index (χ4v) is 3.37. The van der Waals surface area contributed by atoms with Gasteiger partial charge in [0.1, 0.15) is 5.69 Å². The molecule has 4 rings (SSSR count). The van der Waals surface area contributed by atoms with Crippen molar-refractivity contribution in [2.45, 2.75) is 24.7 Å². The van der Waals surface area contributed by atoms with Gasteiger partial charge in [-0.05, 0) is 24.5 Å². The highest BCUT2D eigenvalue weighted by atomic mass is 19.3. The Labute approximate surface area is 131 Å². The molecule has 23 heavy (non-hydrogen) atoms. The molecule has 1 aromatic carbocycles. The van der Waals surface area contributed by atoms with E-state index in [2.05, 4.69) is 10.4 Å². The SMILES string of the molecule is Cn1ncc(NC(=O)N2CC3(CC3)c3ccccc32)c1C(F)F. The van der Waals surface area contributed by atoms with Crippen LogP contribution in [0.15, 0.2) is 30.5 Å². The van der Waals surface area contributed by atoms with E-state index in [1.165, 1.54) is 18.8 Å². The number of halogens is 2. The van der Waals surface area contributed by atoms with Gasteiger partial charge in [0.15, 0.2) is 0 Å². The predicted molar refractivity (Wildman–Crippen MR) is 81.9 cm³/mol. The molecule has 1 spiro atoms. The molecule has 2 aromatic rings. The van der Waals surface area contributed by atoms with Crippen molar-refractivity contribution < 1.29 is 13.6 Å². The topological polar surface area (TPSA) is 50.2 Å². The summed E-state index contributed by atoms with van der Waals surface area (Å²) in [6, 6.07) is 7.41. The van der Waals surface area contributed by atoms with Crippen molar-refractivity contribution in [3.05, 3.63) is 41.7 Å². The summed E-state index contributed by atoms with van der Waals surface area (Å²) < 4.78 is 27.3. The minimum atomic E-state index is -2.70. The summed E-state index contributed by atoms with van der Waals surface area (Å²) in [5.74, 6) is 0. The van der Waals surface area contributed by atoms with Gasteiger partial charge in [0.25, 0.3) is 6.43 Å². The number of carbonyl (C=O) groups is 1. The molecule has 0 bridgehead atoms. The number of rotatable bonds is 2. The summed E-state index contributed by atoms with van der Waals surface area (Å²) in [5, 5.41) is 6.39. The number of aromatic nitrogens is 2. The van der Waals surface area contributed by atoms with E-state index in [-0.39, 0.29) is 16.8 Å². The molecule has 0 saturated heterocycles. The molecule has 1 N–H and O–H groups in total. The van der Waals surface area contributed by atoms with Crippen LogP contribution in [0.1, 0.15) is 30.5 Å². The third kappa shape index (κ3) is 2.10. The Morgan fingerprint density at radius 2 is 2.09 bits per heavy atom. The van der Waals surface area contributed by atoms with Crippen LogP contribution >= 0.6 is 0 Å². The Balaban J connectivity index is 1.62. The maximum Gasteiger partial charge on any atom is 0.326 e. The fraction of sp³-hybridized carbons (Fsp3) is 0.375. The standard InChI is InChI=1S/C16H16F2N4O/c1-21-13(14(17)18)11(8-19-21)20-15(23)22-9-16(6-7-16)10-4-2-3-5-12(10)22/h2-5,8,14H,6-7,9H2,1H3,(H,20,23). The van der Waals surface area contributed by atoms with Gasteiger partial charge in [-0.15, -0.1) is 0 Å². The first kappa shape index (κ1) is 14.2. The lowest BCUT2D eigenvalue weighted by Crippen LogP contribution is -2.35. The Bertz CT molecular complexity index is 782. The van der Waals surface area contributed by atoms with Crippen LogP contribution < -0.4 is 10.2 Å². The Kier molecular flexibility index (Phi) is 2.94. The van der Waals surface area contributed by atoms with Crippen molar-refractivity contribution in [2.24, 2.45) is 7.05 Å². The summed E-state index contributed by atoms with van der Waals surface area (Å²) >= 11 is 0. The van der Waals surface area contributed by atoms with Crippen LogP contribution in [0.2, 0.25) is 0 Å². The number of carbonyl (C=O) groups excluding carboxylic acids is 1. The fourth-order valence-electron chi connectivity index (χ4n) is 3.37. The summed E-state index contributed by atoms with van der Waals surface area (Å²) in [7, 11) is 1.43. The Morgan fingerprint density at radius 3 is 2.78 bits per heavy atom. The largest absolute Gasteiger partial charge is 0.326 e. The number of urea groups is 1. The van der Waals surface area contributed by atoms with Gasteiger partial charge in [0.2, 0.25) is 0 Å². The van der Waals surface area contributed by atoms with Crippen LogP contribution in [0.25, 0.3) is 0 Å². The number of hydrogen-bond donors (Lipinski definition) is 1. The third-order valence-corrected chi connectivity index (χ3v) is 4.76. The van der Waals surface area contributed by atoms with Gasteiger partial charge >= 0.3 is 6.03 Å². The van der Waals surface area contributed by atoms with E-state index < -0.39 is 12.5 Å². The zero-order valence-corrected chi connectivity index (χ0v) is 12.6. The number of fused-ring (bicyclic) bond motifs is 2. The van der Waals surface area contributed by atoms with Gasteiger partial charge in [-0.25, -0.2) is 13.6 Å². The zero-order valence-electron chi connectivity index (χ0n) is 12.6. The molecule has 7 heteroatoms. The molecule has 1 aliphatic heterocycles. The van der Waals surface area contributed by atoms with Gasteiger partial charge in [0, 0.05) is 24.7 Å². The van der Waals surface area contributed by atoms with Crippen LogP contribution in [0.3, 0.4) is 0 Å². The smallest absolute Gasteiger partial charge is 0.304 e. The predicted octanol–water partition coefficient (Wildman–Crippen LogP) is 3.44. The minimum Gasteiger partial charge on any atom is -0.304 e. The lowest BCUT2D eigenvalue weighted by atomic mass is 9.99. The Morgan fingerprint density at radius 1 is 1.35 bits per heavy atom. The van der Waals surface area contributed by atoms with Gasteiger partial charge in [-0.2, -0.15) is 5.10 Å². The average Bonchev–Trinajstić information content (AvgIpc) is 3.10. The van der Waals surface area contributed by atoms with E-state index in [1.54, 1.807) is 4.90 Å². The van der Waals surface area contributed by atoms with E-state index in [1.807, 2.05) is 24.3 Å². The molecule has 2 heterocycles. The normalized spacial score (nSPS) is 17.7. The highest BCUT2D eigenvalue weighted by molar-refractivity contribution is 6.04. The second-order valence-corrected chi connectivity index (χ2v) is 6.18. The molecule has 0 atom stereocenters. The number of hydrogen-bond acceptors (Lipinski definition) is 2. The van der Waals surface area contributed by atoms with Gasteiger partial charge < -0.3 is 5.32 Å². The molecular formula is C16H16F2N4O. The number of alkyl halides is 2. The van der Waals surface area contributed by atoms with Crippen molar-refractivity contribution >= 4 is 17.4 Å². The quantitative estimate of drug-likeness (QED) is 0.922. The van der Waals surface area contributed by atoms with Crippen molar-refractivity contribution in [2.75, 3.05) is 16.8 Å². The highest BCUT2D eigenvalue weighted by Gasteiger charge is 2.52. The lowest BCUT2D eigenvalue weighted by molar-refractivity contribution is 0.141. The van der Waals surface area contributed by atoms with Crippen LogP contribution in [-0.2, 0) is 12.5 Å². The van der Waals surface area contributed by atoms with E-state index in [0.29, 0.717) is 6.54 Å². The van der Waals surface area contributed by atoms with Crippen LogP contribution in [-0.4, -0.2) is 22.4 Å². The molecule has 0 radical (unpaired) electrons. The van der Waals surface area contributed by atoms with Crippen molar-refractivity contribution in [1.29, 1.82) is 0 Å². The maximum absolute atomic E-state index is 13.1. The summed E-state index contributed by atoms with van der Waals surface area (Å²) in [4.78, 5) is 14.3. The number of aryl methyl sites for hydroxylation is 1. The number of nitrogens with one attached hydrogen (secondary N) is 1. The highest BCUT2D eigenvalue weighted by Crippen LogP contribution is 2.56. The number of para-hydroxylation sites is 1. The van der Waals surface area contributed by atoms with Gasteiger partial charge in [-0.1, -0.05) is 18.2 Å². The van der Waals surface area contributed by atoms with Crippen molar-refractivity contribution in [3.8, 4) is 0 Å². The first-order chi connectivity index (χ1) is 11.0. The molecule has 1 fully saturated rings. The van der Waals surface area contributed by atoms with Crippen LogP contribution in [0.5, 0.6) is 0 Å². The molecule has 0 unspecified atom stereocenters. The molecule has 1 saturated carbocycles. The average molecular weight is 318 g/mol.